The fraction of sp³-hybridized carbons (Fsp3) is 0.700. The minimum absolute atomic E-state index is 0.0844. The van der Waals surface area contributed by atoms with Crippen molar-refractivity contribution in [3.63, 3.8) is 0 Å². The van der Waals surface area contributed by atoms with Gasteiger partial charge in [0.25, 0.3) is 0 Å². The van der Waals surface area contributed by atoms with Crippen LogP contribution in [0.5, 0.6) is 11.5 Å². The zero-order chi connectivity index (χ0) is 36.7. The van der Waals surface area contributed by atoms with Gasteiger partial charge in [0.2, 0.25) is 5.79 Å². The molecule has 4 rings (SSSR count). The smallest absolute Gasteiger partial charge is 0.410 e. The molecule has 1 heterocycles. The molecule has 10 nitrogen and oxygen atoms in total. The quantitative estimate of drug-likeness (QED) is 0.0909. The van der Waals surface area contributed by atoms with Crippen molar-refractivity contribution in [3.05, 3.63) is 48.1 Å². The molecular formula is C40H62N2O8. The number of aromatic hydroxyl groups is 1. The van der Waals surface area contributed by atoms with Gasteiger partial charge in [-0.3, -0.25) is 4.90 Å². The molecule has 0 saturated heterocycles. The van der Waals surface area contributed by atoms with Gasteiger partial charge in [-0.15, -0.1) is 6.58 Å². The summed E-state index contributed by atoms with van der Waals surface area (Å²) in [6.07, 6.45) is 9.27. The number of nitrogens with zero attached hydrogens (tertiary/aromatic N) is 2. The van der Waals surface area contributed by atoms with Crippen molar-refractivity contribution in [3.8, 4) is 11.5 Å². The number of rotatable bonds is 16. The third-order valence-corrected chi connectivity index (χ3v) is 9.79. The number of unbranched alkanes of at least 4 members (excludes halogenated alkanes) is 2. The Morgan fingerprint density at radius 1 is 1.10 bits per heavy atom. The van der Waals surface area contributed by atoms with Gasteiger partial charge >= 0.3 is 6.09 Å². The standard InChI is InChI=1S/C40H62N2O8/c1-9-19-42(37(46)47-26-38(3,4)5)34-25-32(41-50-39(6,7)8)30-23-27(15-11-13-20-43)29(16-12-14-21-44)35-31-24-28(45)17-18-33(31)49-40(34,36(30)35)48-22-10-2/h10,17-18,23-24,27,29,34-36,43-45H,2,9,11-16,19-22,25-26H2,1,3-8H3. The molecule has 1 aromatic carbocycles. The van der Waals surface area contributed by atoms with Gasteiger partial charge in [-0.1, -0.05) is 57.8 Å². The second-order valence-electron chi connectivity index (χ2n) is 16.3. The van der Waals surface area contributed by atoms with Crippen LogP contribution in [-0.4, -0.2) is 82.4 Å². The van der Waals surface area contributed by atoms with E-state index in [-0.39, 0.29) is 55.3 Å². The zero-order valence-electron chi connectivity index (χ0n) is 31.5. The third-order valence-electron chi connectivity index (χ3n) is 9.79. The molecule has 3 aliphatic rings. The van der Waals surface area contributed by atoms with Crippen LogP contribution in [0.15, 0.2) is 47.7 Å². The van der Waals surface area contributed by atoms with Crippen molar-refractivity contribution in [1.82, 2.24) is 4.90 Å². The van der Waals surface area contributed by atoms with Crippen LogP contribution < -0.4 is 4.74 Å². The number of amides is 1. The summed E-state index contributed by atoms with van der Waals surface area (Å²) >= 11 is 0. The lowest BCUT2D eigenvalue weighted by atomic mass is 9.55. The zero-order valence-corrected chi connectivity index (χ0v) is 31.5. The molecule has 0 spiro atoms. The summed E-state index contributed by atoms with van der Waals surface area (Å²) in [5.41, 5.74) is 1.78. The molecule has 1 saturated carbocycles. The number of hydrogen-bond acceptors (Lipinski definition) is 9. The third kappa shape index (κ3) is 9.22. The number of aliphatic hydroxyl groups is 2. The first kappa shape index (κ1) is 39.7. The molecule has 1 fully saturated rings. The lowest BCUT2D eigenvalue weighted by Crippen LogP contribution is -2.70. The van der Waals surface area contributed by atoms with E-state index in [4.69, 9.17) is 24.2 Å². The number of phenols is 1. The van der Waals surface area contributed by atoms with Gasteiger partial charge in [0.1, 0.15) is 23.1 Å². The number of hydrogen-bond donors (Lipinski definition) is 3. The highest BCUT2D eigenvalue weighted by atomic mass is 16.7. The monoisotopic (exact) mass is 698 g/mol. The number of oxime groups is 1. The summed E-state index contributed by atoms with van der Waals surface area (Å²) < 4.78 is 20.0. The molecular weight excluding hydrogens is 636 g/mol. The Kier molecular flexibility index (Phi) is 13.5. The highest BCUT2D eigenvalue weighted by molar-refractivity contribution is 6.03. The van der Waals surface area contributed by atoms with Crippen molar-refractivity contribution in [2.75, 3.05) is 33.0 Å². The van der Waals surface area contributed by atoms with E-state index in [0.717, 1.165) is 42.5 Å². The van der Waals surface area contributed by atoms with E-state index in [0.29, 0.717) is 38.0 Å². The minimum atomic E-state index is -1.35. The normalized spacial score (nSPS) is 26.7. The first-order chi connectivity index (χ1) is 23.7. The molecule has 3 N–H and O–H groups in total. The number of aliphatic hydroxyl groups excluding tert-OH is 2. The fourth-order valence-corrected chi connectivity index (χ4v) is 7.83. The molecule has 280 valence electrons. The first-order valence-corrected chi connectivity index (χ1v) is 18.6. The molecule has 0 radical (unpaired) electrons. The Hall–Kier alpha value is -3.08. The minimum Gasteiger partial charge on any atom is -0.508 e. The SMILES string of the molecule is C=CCOC12Oc3ccc(O)cc3C3C(CCCCO)C(CCCCO)C=C(C(=NOC(C)(C)C)CC1N(CCC)C(=O)OCC(C)(C)C)C32. The molecule has 10 heteroatoms. The number of carbonyl (C=O) groups is 1. The van der Waals surface area contributed by atoms with Crippen LogP contribution in [0.1, 0.15) is 111 Å². The van der Waals surface area contributed by atoms with Crippen molar-refractivity contribution in [1.29, 1.82) is 0 Å². The van der Waals surface area contributed by atoms with Crippen LogP contribution >= 0.6 is 0 Å². The highest BCUT2D eigenvalue weighted by Gasteiger charge is 2.65. The van der Waals surface area contributed by atoms with Crippen molar-refractivity contribution in [2.45, 2.75) is 123 Å². The number of fused-ring (bicyclic) bond motifs is 2. The predicted molar refractivity (Wildman–Crippen MR) is 195 cm³/mol. The van der Waals surface area contributed by atoms with E-state index in [1.807, 2.05) is 48.5 Å². The van der Waals surface area contributed by atoms with Gasteiger partial charge in [0, 0.05) is 37.7 Å². The largest absolute Gasteiger partial charge is 0.508 e. The Morgan fingerprint density at radius 2 is 1.80 bits per heavy atom. The van der Waals surface area contributed by atoms with Gasteiger partial charge in [-0.2, -0.15) is 0 Å². The van der Waals surface area contributed by atoms with Crippen molar-refractivity contribution < 1.29 is 39.2 Å². The Labute approximate surface area is 299 Å². The molecule has 1 aromatic rings. The van der Waals surface area contributed by atoms with E-state index >= 15 is 0 Å². The average molecular weight is 699 g/mol. The number of phenolic OH excluding ortho intramolecular Hbond substituents is 1. The number of allylic oxidation sites excluding steroid dienone is 1. The summed E-state index contributed by atoms with van der Waals surface area (Å²) in [6, 6.07) is 4.59. The summed E-state index contributed by atoms with van der Waals surface area (Å²) in [5.74, 6) is -1.03. The van der Waals surface area contributed by atoms with E-state index < -0.39 is 29.4 Å². The molecule has 2 aliphatic carbocycles. The van der Waals surface area contributed by atoms with Crippen LogP contribution in [-0.2, 0) is 14.3 Å². The van der Waals surface area contributed by atoms with E-state index in [1.54, 1.807) is 29.2 Å². The molecule has 1 amide bonds. The van der Waals surface area contributed by atoms with Gasteiger partial charge in [0.05, 0.1) is 24.8 Å². The summed E-state index contributed by atoms with van der Waals surface area (Å²) in [5, 5.41) is 35.2. The fourth-order valence-electron chi connectivity index (χ4n) is 7.83. The van der Waals surface area contributed by atoms with Gasteiger partial charge in [0.15, 0.2) is 0 Å². The predicted octanol–water partition coefficient (Wildman–Crippen LogP) is 7.72. The molecule has 50 heavy (non-hydrogen) atoms. The Balaban J connectivity index is 2.02. The van der Waals surface area contributed by atoms with E-state index in [9.17, 15) is 20.1 Å². The highest BCUT2D eigenvalue weighted by Crippen LogP contribution is 2.62. The summed E-state index contributed by atoms with van der Waals surface area (Å²) in [4.78, 5) is 22.1. The molecule has 6 unspecified atom stereocenters. The van der Waals surface area contributed by atoms with Crippen LogP contribution in [0, 0.1) is 23.2 Å². The second kappa shape index (κ2) is 17.0. The van der Waals surface area contributed by atoms with Gasteiger partial charge < -0.3 is 34.4 Å². The van der Waals surface area contributed by atoms with Gasteiger partial charge in [-0.25, -0.2) is 4.79 Å². The Morgan fingerprint density at radius 3 is 2.42 bits per heavy atom. The lowest BCUT2D eigenvalue weighted by molar-refractivity contribution is -0.255. The topological polar surface area (TPSA) is 130 Å². The van der Waals surface area contributed by atoms with Crippen LogP contribution in [0.4, 0.5) is 4.79 Å². The maximum Gasteiger partial charge on any atom is 0.410 e. The maximum atomic E-state index is 14.2. The number of ether oxygens (including phenoxy) is 3. The first-order valence-electron chi connectivity index (χ1n) is 18.6. The molecule has 1 aliphatic heterocycles. The molecule has 0 aromatic heterocycles. The van der Waals surface area contributed by atoms with E-state index in [2.05, 4.69) is 12.7 Å². The van der Waals surface area contributed by atoms with Gasteiger partial charge in [-0.05, 0) is 93.9 Å². The summed E-state index contributed by atoms with van der Waals surface area (Å²) in [6.45, 7) is 19.0. The van der Waals surface area contributed by atoms with Crippen molar-refractivity contribution in [2.24, 2.45) is 28.3 Å². The van der Waals surface area contributed by atoms with E-state index in [1.165, 1.54) is 0 Å². The number of carbonyl (C=O) groups excluding carboxylic acids is 1. The van der Waals surface area contributed by atoms with Crippen LogP contribution in [0.25, 0.3) is 0 Å². The average Bonchev–Trinajstić information content (AvgIpc) is 3.05. The lowest BCUT2D eigenvalue weighted by Gasteiger charge is -2.60. The molecule has 6 atom stereocenters. The Bertz CT molecular complexity index is 1360. The van der Waals surface area contributed by atoms with Crippen LogP contribution in [0.2, 0.25) is 0 Å². The van der Waals surface area contributed by atoms with Crippen LogP contribution in [0.3, 0.4) is 0 Å². The second-order valence-corrected chi connectivity index (χ2v) is 16.3. The van der Waals surface area contributed by atoms with Crippen molar-refractivity contribution >= 4 is 11.8 Å². The molecule has 0 bridgehead atoms. The number of benzene rings is 1. The maximum absolute atomic E-state index is 14.2. The summed E-state index contributed by atoms with van der Waals surface area (Å²) in [7, 11) is 0.